The largest absolute Gasteiger partial charge is 0.507 e. The summed E-state index contributed by atoms with van der Waals surface area (Å²) in [5.74, 6) is 1.63. The molecular formula is C23H28N4OS. The van der Waals surface area contributed by atoms with Gasteiger partial charge in [-0.25, -0.2) is 9.97 Å². The Labute approximate surface area is 175 Å². The number of anilines is 1. The Hall–Kier alpha value is -2.47. The molecule has 0 bridgehead atoms. The van der Waals surface area contributed by atoms with Crippen molar-refractivity contribution in [3.05, 3.63) is 46.6 Å². The van der Waals surface area contributed by atoms with Crippen LogP contribution in [0.3, 0.4) is 0 Å². The highest BCUT2D eigenvalue weighted by Crippen LogP contribution is 2.45. The number of benzene rings is 1. The van der Waals surface area contributed by atoms with Crippen LogP contribution in [0, 0.1) is 11.3 Å². The minimum Gasteiger partial charge on any atom is -0.507 e. The molecule has 3 aromatic rings. The predicted molar refractivity (Wildman–Crippen MR) is 121 cm³/mol. The molecule has 29 heavy (non-hydrogen) atoms. The molecule has 2 aromatic heterocycles. The van der Waals surface area contributed by atoms with E-state index in [-0.39, 0.29) is 5.75 Å². The summed E-state index contributed by atoms with van der Waals surface area (Å²) in [5, 5.41) is 15.7. The number of hydrogen-bond acceptors (Lipinski definition) is 6. The standard InChI is InChI=1S/C23H28N4OS/c1-5-23(3,4)15-10-11-19-17(12-15)20-21(24-13-25-22(20)29-19)27-26-14(2)16-8-6-7-9-18(16)28/h6-9,13,15,28H,5,10-12H2,1-4H3,(H,24,25,27)/b26-14-/t15-/m1/s1. The molecule has 0 spiro atoms. The summed E-state index contributed by atoms with van der Waals surface area (Å²) in [6, 6.07) is 7.22. The van der Waals surface area contributed by atoms with Crippen LogP contribution in [0.15, 0.2) is 35.7 Å². The van der Waals surface area contributed by atoms with E-state index in [4.69, 9.17) is 0 Å². The fourth-order valence-corrected chi connectivity index (χ4v) is 5.31. The van der Waals surface area contributed by atoms with Crippen LogP contribution in [0.4, 0.5) is 5.82 Å². The van der Waals surface area contributed by atoms with E-state index in [1.807, 2.05) is 19.1 Å². The second-order valence-electron chi connectivity index (χ2n) is 8.51. The van der Waals surface area contributed by atoms with Crippen LogP contribution in [0.1, 0.15) is 56.5 Å². The molecule has 2 heterocycles. The van der Waals surface area contributed by atoms with E-state index in [0.717, 1.165) is 28.9 Å². The molecule has 0 saturated heterocycles. The predicted octanol–water partition coefficient (Wildman–Crippen LogP) is 5.77. The third-order valence-corrected chi connectivity index (χ3v) is 7.68. The first-order valence-electron chi connectivity index (χ1n) is 10.2. The molecule has 0 radical (unpaired) electrons. The number of fused-ring (bicyclic) bond motifs is 3. The summed E-state index contributed by atoms with van der Waals surface area (Å²) in [6.45, 7) is 8.93. The molecule has 1 aliphatic carbocycles. The number of aryl methyl sites for hydroxylation is 1. The van der Waals surface area contributed by atoms with Gasteiger partial charge in [-0.3, -0.25) is 5.43 Å². The van der Waals surface area contributed by atoms with Crippen LogP contribution in [0.25, 0.3) is 10.2 Å². The zero-order valence-corrected chi connectivity index (χ0v) is 18.3. The number of thiophene rings is 1. The second-order valence-corrected chi connectivity index (χ2v) is 9.60. The number of aromatic nitrogens is 2. The van der Waals surface area contributed by atoms with E-state index in [2.05, 4.69) is 41.3 Å². The van der Waals surface area contributed by atoms with Gasteiger partial charge >= 0.3 is 0 Å². The van der Waals surface area contributed by atoms with Crippen LogP contribution in [-0.2, 0) is 12.8 Å². The first-order chi connectivity index (χ1) is 13.9. The van der Waals surface area contributed by atoms with Crippen molar-refractivity contribution in [1.29, 1.82) is 0 Å². The molecule has 1 atom stereocenters. The van der Waals surface area contributed by atoms with Gasteiger partial charge in [0.05, 0.1) is 11.1 Å². The van der Waals surface area contributed by atoms with Gasteiger partial charge in [-0.15, -0.1) is 11.3 Å². The average Bonchev–Trinajstić information content (AvgIpc) is 3.10. The summed E-state index contributed by atoms with van der Waals surface area (Å²) >= 11 is 1.79. The SMILES string of the molecule is CCC(C)(C)[C@@H]1CCc2sc3ncnc(N/N=C(/C)c4ccccc4O)c3c2C1. The van der Waals surface area contributed by atoms with E-state index >= 15 is 0 Å². The molecule has 0 fully saturated rings. The minimum absolute atomic E-state index is 0.223. The van der Waals surface area contributed by atoms with Gasteiger partial charge in [-0.1, -0.05) is 39.3 Å². The fraction of sp³-hybridized carbons (Fsp3) is 0.435. The van der Waals surface area contributed by atoms with Crippen molar-refractivity contribution in [3.8, 4) is 5.75 Å². The Morgan fingerprint density at radius 3 is 2.86 bits per heavy atom. The van der Waals surface area contributed by atoms with E-state index in [9.17, 15) is 5.11 Å². The molecule has 0 saturated carbocycles. The van der Waals surface area contributed by atoms with E-state index < -0.39 is 0 Å². The Morgan fingerprint density at radius 2 is 2.10 bits per heavy atom. The number of hydrazone groups is 1. The molecular weight excluding hydrogens is 380 g/mol. The van der Waals surface area contributed by atoms with Gasteiger partial charge in [-0.2, -0.15) is 5.10 Å². The Kier molecular flexibility index (Phi) is 5.30. The number of nitrogens with one attached hydrogen (secondary N) is 1. The summed E-state index contributed by atoms with van der Waals surface area (Å²) in [6.07, 6.45) is 6.21. The summed E-state index contributed by atoms with van der Waals surface area (Å²) in [4.78, 5) is 11.5. The van der Waals surface area contributed by atoms with E-state index in [0.29, 0.717) is 22.6 Å². The highest BCUT2D eigenvalue weighted by molar-refractivity contribution is 7.19. The highest BCUT2D eigenvalue weighted by atomic mass is 32.1. The van der Waals surface area contributed by atoms with Crippen molar-refractivity contribution in [2.75, 3.05) is 5.43 Å². The zero-order chi connectivity index (χ0) is 20.6. The Bertz CT molecular complexity index is 1070. The summed E-state index contributed by atoms with van der Waals surface area (Å²) < 4.78 is 0. The number of phenols is 1. The normalized spacial score (nSPS) is 17.4. The molecule has 0 aliphatic heterocycles. The number of rotatable bonds is 5. The molecule has 2 N–H and O–H groups in total. The lowest BCUT2D eigenvalue weighted by Crippen LogP contribution is -2.28. The van der Waals surface area contributed by atoms with Crippen LogP contribution in [0.2, 0.25) is 0 Å². The molecule has 6 heteroatoms. The number of nitrogens with zero attached hydrogens (tertiary/aromatic N) is 3. The second kappa shape index (κ2) is 7.75. The third-order valence-electron chi connectivity index (χ3n) is 6.48. The summed E-state index contributed by atoms with van der Waals surface area (Å²) in [7, 11) is 0. The van der Waals surface area contributed by atoms with Gasteiger partial charge in [0, 0.05) is 10.4 Å². The number of hydrogen-bond donors (Lipinski definition) is 2. The van der Waals surface area contributed by atoms with E-state index in [1.54, 1.807) is 29.8 Å². The smallest absolute Gasteiger partial charge is 0.158 e. The van der Waals surface area contributed by atoms with Gasteiger partial charge < -0.3 is 5.11 Å². The van der Waals surface area contributed by atoms with E-state index in [1.165, 1.54) is 23.3 Å². The molecule has 152 valence electrons. The number of para-hydroxylation sites is 1. The van der Waals surface area contributed by atoms with Gasteiger partial charge in [-0.05, 0) is 55.2 Å². The van der Waals surface area contributed by atoms with Crippen LogP contribution in [0.5, 0.6) is 5.75 Å². The van der Waals surface area contributed by atoms with Crippen molar-refractivity contribution in [2.45, 2.75) is 53.4 Å². The summed E-state index contributed by atoms with van der Waals surface area (Å²) in [5.41, 5.74) is 6.29. The molecule has 0 amide bonds. The van der Waals surface area contributed by atoms with Gasteiger partial charge in [0.2, 0.25) is 0 Å². The molecule has 0 unspecified atom stereocenters. The van der Waals surface area contributed by atoms with Crippen LogP contribution in [-0.4, -0.2) is 20.8 Å². The first kappa shape index (κ1) is 19.8. The average molecular weight is 409 g/mol. The molecule has 1 aromatic carbocycles. The highest BCUT2D eigenvalue weighted by Gasteiger charge is 2.33. The van der Waals surface area contributed by atoms with Crippen molar-refractivity contribution in [3.63, 3.8) is 0 Å². The maximum atomic E-state index is 10.1. The van der Waals surface area contributed by atoms with Crippen LogP contribution < -0.4 is 5.43 Å². The maximum absolute atomic E-state index is 10.1. The molecule has 1 aliphatic rings. The van der Waals surface area contributed by atoms with Gasteiger partial charge in [0.15, 0.2) is 5.82 Å². The monoisotopic (exact) mass is 408 g/mol. The van der Waals surface area contributed by atoms with Crippen molar-refractivity contribution >= 4 is 33.1 Å². The zero-order valence-electron chi connectivity index (χ0n) is 17.5. The maximum Gasteiger partial charge on any atom is 0.158 e. The van der Waals surface area contributed by atoms with Crippen molar-refractivity contribution < 1.29 is 5.11 Å². The van der Waals surface area contributed by atoms with Gasteiger partial charge in [0.25, 0.3) is 0 Å². The van der Waals surface area contributed by atoms with Crippen molar-refractivity contribution in [1.82, 2.24) is 9.97 Å². The lowest BCUT2D eigenvalue weighted by molar-refractivity contribution is 0.184. The Balaban J connectivity index is 1.69. The third kappa shape index (κ3) is 3.73. The topological polar surface area (TPSA) is 70.4 Å². The minimum atomic E-state index is 0.223. The lowest BCUT2D eigenvalue weighted by Gasteiger charge is -2.36. The van der Waals surface area contributed by atoms with Crippen LogP contribution >= 0.6 is 11.3 Å². The first-order valence-corrected chi connectivity index (χ1v) is 11.1. The lowest BCUT2D eigenvalue weighted by atomic mass is 9.69. The Morgan fingerprint density at radius 1 is 1.31 bits per heavy atom. The van der Waals surface area contributed by atoms with Crippen molar-refractivity contribution in [2.24, 2.45) is 16.4 Å². The molecule has 4 rings (SSSR count). The number of aromatic hydroxyl groups is 1. The molecule has 5 nitrogen and oxygen atoms in total. The quantitative estimate of drug-likeness (QED) is 0.415. The van der Waals surface area contributed by atoms with Gasteiger partial charge in [0.1, 0.15) is 16.9 Å². The number of phenolic OH excluding ortho intramolecular Hbond substituents is 1. The fourth-order valence-electron chi connectivity index (χ4n) is 4.13.